The van der Waals surface area contributed by atoms with Crippen molar-refractivity contribution in [2.75, 3.05) is 0 Å². The molecule has 0 saturated heterocycles. The first-order valence-electron chi connectivity index (χ1n) is 6.01. The van der Waals surface area contributed by atoms with E-state index >= 15 is 0 Å². The summed E-state index contributed by atoms with van der Waals surface area (Å²) in [6.45, 7) is 4.94. The van der Waals surface area contributed by atoms with Crippen molar-refractivity contribution >= 4 is 19.4 Å². The van der Waals surface area contributed by atoms with Crippen molar-refractivity contribution in [3.05, 3.63) is 11.8 Å². The maximum atomic E-state index is 12.7. The van der Waals surface area contributed by atoms with Gasteiger partial charge in [-0.3, -0.25) is 0 Å². The van der Waals surface area contributed by atoms with Crippen LogP contribution in [0.4, 0.5) is 26.3 Å². The van der Waals surface area contributed by atoms with Crippen LogP contribution in [0.1, 0.15) is 20.8 Å². The summed E-state index contributed by atoms with van der Waals surface area (Å²) < 4.78 is 79.3. The Hall–Kier alpha value is -0.667. The third-order valence-corrected chi connectivity index (χ3v) is 12.6. The number of alkyl halides is 6. The Bertz CT molecular complexity index is 360. The van der Waals surface area contributed by atoms with Gasteiger partial charge in [-0.2, -0.15) is 0 Å². The molecule has 0 saturated carbocycles. The number of allylic oxidation sites excluding steroid dienone is 2. The van der Waals surface area contributed by atoms with E-state index in [2.05, 4.69) is 0 Å². The van der Waals surface area contributed by atoms with E-state index in [0.29, 0.717) is 15.8 Å². The van der Waals surface area contributed by atoms with Gasteiger partial charge in [0.05, 0.1) is 0 Å². The van der Waals surface area contributed by atoms with E-state index in [9.17, 15) is 31.1 Å². The fourth-order valence-corrected chi connectivity index (χ4v) is 6.97. The number of carbonyl (C=O) groups excluding carboxylic acids is 1. The second-order valence-electron chi connectivity index (χ2n) is 4.21. The maximum absolute atomic E-state index is 12.7. The summed E-state index contributed by atoms with van der Waals surface area (Å²) in [6, 6.07) is 0. The minimum atomic E-state index is -5.35. The van der Waals surface area contributed by atoms with Crippen molar-refractivity contribution in [1.29, 1.82) is 0 Å². The van der Waals surface area contributed by atoms with Gasteiger partial charge >= 0.3 is 115 Å². The van der Waals surface area contributed by atoms with Gasteiger partial charge in [-0.1, -0.05) is 0 Å². The van der Waals surface area contributed by atoms with Crippen LogP contribution in [-0.4, -0.2) is 31.7 Å². The number of carbonyl (C=O) groups is 1. The standard InChI is InChI=1S/C11H16F6GeO2/c1-4-18(5-2,6-3)20-9(11(15,16)17)7-8(19)10(12,13)14/h7H,4-6H2,1-3H3/b9-7-. The van der Waals surface area contributed by atoms with Crippen molar-refractivity contribution in [2.45, 2.75) is 48.9 Å². The SMILES string of the molecule is C[CH2][Ge]([CH2]C)([CH2]C)[O]/C(=C\C(=O)C(F)(F)F)C(F)(F)F. The molecule has 0 N–H and O–H groups in total. The van der Waals surface area contributed by atoms with E-state index in [0.717, 1.165) is 0 Å². The van der Waals surface area contributed by atoms with Crippen LogP contribution in [0.5, 0.6) is 0 Å². The van der Waals surface area contributed by atoms with Crippen molar-refractivity contribution in [2.24, 2.45) is 0 Å². The molecule has 0 bridgehead atoms. The Morgan fingerprint density at radius 3 is 1.60 bits per heavy atom. The van der Waals surface area contributed by atoms with Gasteiger partial charge in [-0.25, -0.2) is 0 Å². The average molecular weight is 367 g/mol. The predicted molar refractivity (Wildman–Crippen MR) is 63.5 cm³/mol. The van der Waals surface area contributed by atoms with E-state index in [4.69, 9.17) is 3.76 Å². The number of ketones is 1. The van der Waals surface area contributed by atoms with E-state index in [1.807, 2.05) is 0 Å². The van der Waals surface area contributed by atoms with Gasteiger partial charge in [0.1, 0.15) is 0 Å². The molecule has 9 heteroatoms. The summed E-state index contributed by atoms with van der Waals surface area (Å²) in [7, 11) is 0. The van der Waals surface area contributed by atoms with Crippen LogP contribution >= 0.6 is 0 Å². The molecule has 0 radical (unpaired) electrons. The Kier molecular flexibility index (Phi) is 6.63. The first kappa shape index (κ1) is 19.3. The van der Waals surface area contributed by atoms with Crippen molar-refractivity contribution in [3.63, 3.8) is 0 Å². The molecule has 0 aliphatic rings. The molecule has 0 heterocycles. The summed E-state index contributed by atoms with van der Waals surface area (Å²) in [6.07, 6.45) is -10.9. The molecule has 0 rings (SSSR count). The average Bonchev–Trinajstić information content (AvgIpc) is 2.32. The van der Waals surface area contributed by atoms with Gasteiger partial charge in [0.15, 0.2) is 0 Å². The summed E-state index contributed by atoms with van der Waals surface area (Å²) in [5, 5.41) is 1.09. The third kappa shape index (κ3) is 5.37. The van der Waals surface area contributed by atoms with Crippen molar-refractivity contribution in [3.8, 4) is 0 Å². The third-order valence-electron chi connectivity index (χ3n) is 3.08. The molecule has 0 spiro atoms. The molecule has 0 unspecified atom stereocenters. The number of hydrogen-bond acceptors (Lipinski definition) is 2. The Morgan fingerprint density at radius 2 is 1.35 bits per heavy atom. The molecule has 0 amide bonds. The molecule has 118 valence electrons. The summed E-state index contributed by atoms with van der Waals surface area (Å²) in [5.41, 5.74) is 0. The zero-order valence-electron chi connectivity index (χ0n) is 11.3. The molecule has 0 aromatic heterocycles. The fourth-order valence-electron chi connectivity index (χ4n) is 1.57. The van der Waals surface area contributed by atoms with E-state index < -0.39 is 43.6 Å². The van der Waals surface area contributed by atoms with Crippen molar-refractivity contribution < 1.29 is 34.9 Å². The molecule has 0 fully saturated rings. The van der Waals surface area contributed by atoms with Crippen LogP contribution in [0.25, 0.3) is 0 Å². The first-order chi connectivity index (χ1) is 8.91. The van der Waals surface area contributed by atoms with E-state index in [1.54, 1.807) is 20.8 Å². The minimum absolute atomic E-state index is 0.362. The Morgan fingerprint density at radius 1 is 0.950 bits per heavy atom. The normalized spacial score (nSPS) is 14.3. The van der Waals surface area contributed by atoms with Crippen molar-refractivity contribution in [1.82, 2.24) is 0 Å². The monoisotopic (exact) mass is 368 g/mol. The van der Waals surface area contributed by atoms with Gasteiger partial charge in [-0.05, 0) is 0 Å². The van der Waals surface area contributed by atoms with Gasteiger partial charge in [0.25, 0.3) is 0 Å². The first-order valence-corrected chi connectivity index (χ1v) is 11.3. The van der Waals surface area contributed by atoms with E-state index in [1.165, 1.54) is 0 Å². The molecule has 0 aromatic rings. The van der Waals surface area contributed by atoms with Gasteiger partial charge < -0.3 is 0 Å². The molecule has 20 heavy (non-hydrogen) atoms. The molecule has 0 atom stereocenters. The zero-order chi connectivity index (χ0) is 16.2. The number of rotatable bonds is 6. The van der Waals surface area contributed by atoms with Gasteiger partial charge in [0.2, 0.25) is 0 Å². The quantitative estimate of drug-likeness (QED) is 0.297. The molecule has 0 aliphatic heterocycles. The fraction of sp³-hybridized carbons (Fsp3) is 0.727. The van der Waals surface area contributed by atoms with Crippen LogP contribution in [0, 0.1) is 0 Å². The van der Waals surface area contributed by atoms with Gasteiger partial charge in [-0.15, -0.1) is 0 Å². The van der Waals surface area contributed by atoms with Gasteiger partial charge in [0, 0.05) is 0 Å². The molecule has 0 aliphatic carbocycles. The Balaban J connectivity index is 5.52. The number of halogens is 6. The van der Waals surface area contributed by atoms with Crippen LogP contribution < -0.4 is 0 Å². The second kappa shape index (κ2) is 6.86. The Labute approximate surface area is 115 Å². The van der Waals surface area contributed by atoms with Crippen LogP contribution in [0.15, 0.2) is 11.8 Å². The molecule has 2 nitrogen and oxygen atoms in total. The molecular weight excluding hydrogens is 351 g/mol. The second-order valence-corrected chi connectivity index (χ2v) is 14.1. The van der Waals surface area contributed by atoms with Crippen LogP contribution in [0.2, 0.25) is 15.8 Å². The molecular formula is C11H16F6GeO2. The van der Waals surface area contributed by atoms with Crippen LogP contribution in [0.3, 0.4) is 0 Å². The number of hydrogen-bond donors (Lipinski definition) is 0. The summed E-state index contributed by atoms with van der Waals surface area (Å²) >= 11 is -3.38. The predicted octanol–water partition coefficient (Wildman–Crippen LogP) is 4.59. The summed E-state index contributed by atoms with van der Waals surface area (Å²) in [4.78, 5) is 10.7. The van der Waals surface area contributed by atoms with Crippen LogP contribution in [-0.2, 0) is 8.56 Å². The summed E-state index contributed by atoms with van der Waals surface area (Å²) in [5.74, 6) is -4.39. The zero-order valence-corrected chi connectivity index (χ0v) is 13.4. The molecule has 0 aromatic carbocycles. The van der Waals surface area contributed by atoms with E-state index in [-0.39, 0.29) is 0 Å². The topological polar surface area (TPSA) is 26.3 Å².